The van der Waals surface area contributed by atoms with Gasteiger partial charge in [0, 0.05) is 23.9 Å². The van der Waals surface area contributed by atoms with Crippen molar-refractivity contribution in [1.82, 2.24) is 20.4 Å². The number of aromatic nitrogens is 2. The molecule has 1 aliphatic rings. The number of nitrogens with zero attached hydrogens (tertiary/aromatic N) is 1. The number of carbonyl (C=O) groups excluding carboxylic acids is 2. The number of aromatic amines is 1. The zero-order valence-electron chi connectivity index (χ0n) is 14.2. The number of aryl methyl sites for hydroxylation is 1. The van der Waals surface area contributed by atoms with Crippen LogP contribution in [0.4, 0.5) is 0 Å². The van der Waals surface area contributed by atoms with E-state index in [1.807, 2.05) is 0 Å². The van der Waals surface area contributed by atoms with Gasteiger partial charge in [0.25, 0.3) is 11.5 Å². The summed E-state index contributed by atoms with van der Waals surface area (Å²) in [6, 6.07) is 7.83. The van der Waals surface area contributed by atoms with Crippen molar-refractivity contribution in [2.45, 2.75) is 38.6 Å². The Morgan fingerprint density at radius 2 is 2.04 bits per heavy atom. The van der Waals surface area contributed by atoms with E-state index in [4.69, 9.17) is 0 Å². The van der Waals surface area contributed by atoms with Gasteiger partial charge in [-0.3, -0.25) is 19.5 Å². The quantitative estimate of drug-likeness (QED) is 0.760. The highest BCUT2D eigenvalue weighted by molar-refractivity contribution is 5.97. The third-order valence-corrected chi connectivity index (χ3v) is 4.27. The van der Waals surface area contributed by atoms with Crippen LogP contribution in [0.15, 0.2) is 35.1 Å². The normalized spacial score (nSPS) is 17.2. The SMILES string of the molecule is CCCc1cc(=O)n(-c2ccc(C(=O)N[C@H]3CCCNC3=O)cc2)[nH]1. The van der Waals surface area contributed by atoms with Crippen LogP contribution in [-0.4, -0.2) is 34.2 Å². The molecule has 0 unspecified atom stereocenters. The third-order valence-electron chi connectivity index (χ3n) is 4.27. The monoisotopic (exact) mass is 342 g/mol. The van der Waals surface area contributed by atoms with E-state index < -0.39 is 6.04 Å². The van der Waals surface area contributed by atoms with Crippen LogP contribution in [0.3, 0.4) is 0 Å². The molecular weight excluding hydrogens is 320 g/mol. The van der Waals surface area contributed by atoms with Crippen LogP contribution in [0.5, 0.6) is 0 Å². The predicted octanol–water partition coefficient (Wildman–Crippen LogP) is 1.13. The standard InChI is InChI=1S/C18H22N4O3/c1-2-4-13-11-16(23)22(21-13)14-8-6-12(7-9-14)17(24)20-15-5-3-10-19-18(15)25/h6-9,11,15,21H,2-5,10H2,1H3,(H,19,25)(H,20,24)/t15-/m0/s1. The second-order valence-electron chi connectivity index (χ2n) is 6.21. The van der Waals surface area contributed by atoms with Gasteiger partial charge in [-0.25, -0.2) is 4.68 Å². The predicted molar refractivity (Wildman–Crippen MR) is 93.9 cm³/mol. The fourth-order valence-electron chi connectivity index (χ4n) is 2.95. The highest BCUT2D eigenvalue weighted by Crippen LogP contribution is 2.10. The van der Waals surface area contributed by atoms with E-state index in [1.54, 1.807) is 30.3 Å². The molecule has 0 bridgehead atoms. The Labute approximate surface area is 145 Å². The number of amides is 2. The van der Waals surface area contributed by atoms with E-state index in [9.17, 15) is 14.4 Å². The van der Waals surface area contributed by atoms with Crippen LogP contribution in [0.25, 0.3) is 5.69 Å². The maximum absolute atomic E-state index is 12.3. The Kier molecular flexibility index (Phi) is 5.02. The highest BCUT2D eigenvalue weighted by atomic mass is 16.2. The second-order valence-corrected chi connectivity index (χ2v) is 6.21. The molecule has 0 spiro atoms. The van der Waals surface area contributed by atoms with E-state index in [2.05, 4.69) is 22.7 Å². The molecule has 0 radical (unpaired) electrons. The van der Waals surface area contributed by atoms with Crippen LogP contribution in [0, 0.1) is 0 Å². The molecule has 2 aromatic rings. The Bertz CT molecular complexity index is 820. The van der Waals surface area contributed by atoms with E-state index in [0.29, 0.717) is 24.2 Å². The zero-order valence-corrected chi connectivity index (χ0v) is 14.2. The van der Waals surface area contributed by atoms with Gasteiger partial charge < -0.3 is 10.6 Å². The number of carbonyl (C=O) groups is 2. The minimum Gasteiger partial charge on any atom is -0.354 e. The molecule has 3 N–H and O–H groups in total. The third kappa shape index (κ3) is 3.81. The lowest BCUT2D eigenvalue weighted by Crippen LogP contribution is -2.50. The first-order chi connectivity index (χ1) is 12.1. The van der Waals surface area contributed by atoms with Crippen molar-refractivity contribution in [3.05, 3.63) is 51.9 Å². The molecule has 1 fully saturated rings. The Morgan fingerprint density at radius 3 is 2.72 bits per heavy atom. The number of rotatable bonds is 5. The Morgan fingerprint density at radius 1 is 1.28 bits per heavy atom. The summed E-state index contributed by atoms with van der Waals surface area (Å²) in [4.78, 5) is 36.1. The van der Waals surface area contributed by atoms with Gasteiger partial charge in [0.05, 0.1) is 5.69 Å². The van der Waals surface area contributed by atoms with Gasteiger partial charge >= 0.3 is 0 Å². The Balaban J connectivity index is 1.72. The fourth-order valence-corrected chi connectivity index (χ4v) is 2.95. The van der Waals surface area contributed by atoms with E-state index in [0.717, 1.165) is 25.0 Å². The molecule has 0 aliphatic carbocycles. The van der Waals surface area contributed by atoms with E-state index >= 15 is 0 Å². The maximum atomic E-state index is 12.3. The van der Waals surface area contributed by atoms with Gasteiger partial charge in [0.2, 0.25) is 5.91 Å². The lowest BCUT2D eigenvalue weighted by atomic mass is 10.1. The molecule has 1 aliphatic heterocycles. The van der Waals surface area contributed by atoms with Crippen molar-refractivity contribution in [2.75, 3.05) is 6.54 Å². The van der Waals surface area contributed by atoms with Gasteiger partial charge in [-0.2, -0.15) is 0 Å². The van der Waals surface area contributed by atoms with Crippen molar-refractivity contribution < 1.29 is 9.59 Å². The molecule has 7 heteroatoms. The van der Waals surface area contributed by atoms with Crippen LogP contribution in [0.1, 0.15) is 42.2 Å². The number of hydrogen-bond donors (Lipinski definition) is 3. The van der Waals surface area contributed by atoms with Crippen LogP contribution >= 0.6 is 0 Å². The highest BCUT2D eigenvalue weighted by Gasteiger charge is 2.23. The van der Waals surface area contributed by atoms with Crippen molar-refractivity contribution in [2.24, 2.45) is 0 Å². The number of hydrogen-bond acceptors (Lipinski definition) is 3. The first-order valence-corrected chi connectivity index (χ1v) is 8.58. The number of benzene rings is 1. The molecule has 1 atom stereocenters. The largest absolute Gasteiger partial charge is 0.354 e. The number of nitrogens with one attached hydrogen (secondary N) is 3. The molecule has 3 rings (SSSR count). The molecule has 7 nitrogen and oxygen atoms in total. The molecule has 1 aromatic carbocycles. The molecule has 132 valence electrons. The first-order valence-electron chi connectivity index (χ1n) is 8.58. The molecule has 2 amide bonds. The van der Waals surface area contributed by atoms with E-state index in [-0.39, 0.29) is 17.4 Å². The van der Waals surface area contributed by atoms with Crippen molar-refractivity contribution in [3.63, 3.8) is 0 Å². The summed E-state index contributed by atoms with van der Waals surface area (Å²) >= 11 is 0. The van der Waals surface area contributed by atoms with Crippen LogP contribution in [-0.2, 0) is 11.2 Å². The topological polar surface area (TPSA) is 96.0 Å². The van der Waals surface area contributed by atoms with Gasteiger partial charge in [-0.15, -0.1) is 0 Å². The lowest BCUT2D eigenvalue weighted by molar-refractivity contribution is -0.124. The molecule has 0 saturated carbocycles. The summed E-state index contributed by atoms with van der Waals surface area (Å²) in [5.74, 6) is -0.434. The van der Waals surface area contributed by atoms with Crippen molar-refractivity contribution >= 4 is 11.8 Å². The molecule has 25 heavy (non-hydrogen) atoms. The van der Waals surface area contributed by atoms with Gasteiger partial charge in [0.1, 0.15) is 6.04 Å². The maximum Gasteiger partial charge on any atom is 0.271 e. The molecular formula is C18H22N4O3. The van der Waals surface area contributed by atoms with Gasteiger partial charge in [0.15, 0.2) is 0 Å². The molecule has 2 heterocycles. The van der Waals surface area contributed by atoms with Crippen LogP contribution in [0.2, 0.25) is 0 Å². The molecule has 1 aromatic heterocycles. The summed E-state index contributed by atoms with van der Waals surface area (Å²) < 4.78 is 1.46. The summed E-state index contributed by atoms with van der Waals surface area (Å²) in [5, 5.41) is 8.56. The minimum atomic E-state index is -0.483. The summed E-state index contributed by atoms with van der Waals surface area (Å²) in [5.41, 5.74) is 1.88. The zero-order chi connectivity index (χ0) is 17.8. The summed E-state index contributed by atoms with van der Waals surface area (Å²) in [7, 11) is 0. The molecule has 1 saturated heterocycles. The average molecular weight is 342 g/mol. The fraction of sp³-hybridized carbons (Fsp3) is 0.389. The number of piperidine rings is 1. The van der Waals surface area contributed by atoms with E-state index in [1.165, 1.54) is 4.68 Å². The minimum absolute atomic E-state index is 0.125. The number of H-pyrrole nitrogens is 1. The van der Waals surface area contributed by atoms with Crippen LogP contribution < -0.4 is 16.2 Å². The first kappa shape index (κ1) is 17.0. The van der Waals surface area contributed by atoms with Gasteiger partial charge in [-0.05, 0) is 43.5 Å². The summed E-state index contributed by atoms with van der Waals surface area (Å²) in [6.45, 7) is 2.71. The average Bonchev–Trinajstić information content (AvgIpc) is 2.98. The lowest BCUT2D eigenvalue weighted by Gasteiger charge is -2.22. The van der Waals surface area contributed by atoms with Crippen molar-refractivity contribution in [3.8, 4) is 5.69 Å². The smallest absolute Gasteiger partial charge is 0.271 e. The second kappa shape index (κ2) is 7.38. The Hall–Kier alpha value is -2.83. The van der Waals surface area contributed by atoms with Crippen molar-refractivity contribution in [1.29, 1.82) is 0 Å². The van der Waals surface area contributed by atoms with Gasteiger partial charge in [-0.1, -0.05) is 13.3 Å². The summed E-state index contributed by atoms with van der Waals surface area (Å²) in [6.07, 6.45) is 3.26.